The van der Waals surface area contributed by atoms with Crippen molar-refractivity contribution >= 4 is 11.9 Å². The number of benzene rings is 1. The van der Waals surface area contributed by atoms with Crippen LogP contribution in [0.25, 0.3) is 0 Å². The Balaban J connectivity index is 3.15. The van der Waals surface area contributed by atoms with E-state index in [0.717, 1.165) is 0 Å². The molecule has 1 N–H and O–H groups in total. The zero-order valence-electron chi connectivity index (χ0n) is 9.67. The maximum absolute atomic E-state index is 11.0. The average molecular weight is 238 g/mol. The number of carbonyl (C=O) groups excluding carboxylic acids is 2. The molecule has 0 atom stereocenters. The van der Waals surface area contributed by atoms with Crippen LogP contribution in [0.5, 0.6) is 0 Å². The second-order valence-corrected chi connectivity index (χ2v) is 3.46. The van der Waals surface area contributed by atoms with Crippen LogP contribution >= 0.6 is 0 Å². The van der Waals surface area contributed by atoms with Crippen molar-refractivity contribution in [3.63, 3.8) is 0 Å². The summed E-state index contributed by atoms with van der Waals surface area (Å²) in [7, 11) is 0. The SMILES string of the molecule is CC(=O)OC(CO)(OC(C)=O)c1ccccc1. The third kappa shape index (κ3) is 3.29. The smallest absolute Gasteiger partial charge is 0.306 e. The first-order chi connectivity index (χ1) is 8.00. The summed E-state index contributed by atoms with van der Waals surface area (Å²) in [6.45, 7) is 1.71. The van der Waals surface area contributed by atoms with Gasteiger partial charge in [-0.15, -0.1) is 0 Å². The van der Waals surface area contributed by atoms with Crippen molar-refractivity contribution < 1.29 is 24.2 Å². The van der Waals surface area contributed by atoms with Gasteiger partial charge >= 0.3 is 17.7 Å². The summed E-state index contributed by atoms with van der Waals surface area (Å²) >= 11 is 0. The second kappa shape index (κ2) is 5.45. The molecular formula is C12H14O5. The van der Waals surface area contributed by atoms with E-state index in [-0.39, 0.29) is 0 Å². The van der Waals surface area contributed by atoms with Crippen molar-refractivity contribution in [2.45, 2.75) is 19.6 Å². The summed E-state index contributed by atoms with van der Waals surface area (Å²) in [6.07, 6.45) is 0. The quantitative estimate of drug-likeness (QED) is 0.624. The Morgan fingerprint density at radius 3 is 1.94 bits per heavy atom. The second-order valence-electron chi connectivity index (χ2n) is 3.46. The topological polar surface area (TPSA) is 72.8 Å². The lowest BCUT2D eigenvalue weighted by Gasteiger charge is -2.30. The van der Waals surface area contributed by atoms with Gasteiger partial charge in [0.25, 0.3) is 0 Å². The zero-order chi connectivity index (χ0) is 12.9. The van der Waals surface area contributed by atoms with Crippen molar-refractivity contribution in [3.05, 3.63) is 35.9 Å². The van der Waals surface area contributed by atoms with Gasteiger partial charge in [0.15, 0.2) is 0 Å². The van der Waals surface area contributed by atoms with Crippen molar-refractivity contribution in [2.75, 3.05) is 6.61 Å². The fourth-order valence-electron chi connectivity index (χ4n) is 1.45. The highest BCUT2D eigenvalue weighted by molar-refractivity contribution is 5.69. The molecule has 0 unspecified atom stereocenters. The van der Waals surface area contributed by atoms with Crippen LogP contribution in [0.15, 0.2) is 30.3 Å². The van der Waals surface area contributed by atoms with Crippen molar-refractivity contribution in [2.24, 2.45) is 0 Å². The lowest BCUT2D eigenvalue weighted by molar-refractivity contribution is -0.244. The molecule has 1 aromatic rings. The molecule has 0 aliphatic carbocycles. The van der Waals surface area contributed by atoms with E-state index in [1.54, 1.807) is 30.3 Å². The van der Waals surface area contributed by atoms with Gasteiger partial charge in [-0.05, 0) is 0 Å². The molecule has 0 saturated heterocycles. The molecule has 1 aromatic carbocycles. The third-order valence-corrected chi connectivity index (χ3v) is 2.04. The highest BCUT2D eigenvalue weighted by Crippen LogP contribution is 2.27. The van der Waals surface area contributed by atoms with Gasteiger partial charge in [-0.25, -0.2) is 0 Å². The molecule has 0 aliphatic heterocycles. The fraction of sp³-hybridized carbons (Fsp3) is 0.333. The number of esters is 2. The zero-order valence-corrected chi connectivity index (χ0v) is 9.67. The molecule has 0 bridgehead atoms. The summed E-state index contributed by atoms with van der Waals surface area (Å²) < 4.78 is 9.90. The maximum Gasteiger partial charge on any atom is 0.306 e. The fourth-order valence-corrected chi connectivity index (χ4v) is 1.45. The molecule has 0 heterocycles. The minimum atomic E-state index is -1.76. The van der Waals surface area contributed by atoms with E-state index in [1.807, 2.05) is 0 Å². The van der Waals surface area contributed by atoms with E-state index >= 15 is 0 Å². The molecule has 0 aromatic heterocycles. The van der Waals surface area contributed by atoms with Crippen LogP contribution in [0.1, 0.15) is 19.4 Å². The summed E-state index contributed by atoms with van der Waals surface area (Å²) in [5.74, 6) is -3.06. The van der Waals surface area contributed by atoms with Crippen LogP contribution in [0.2, 0.25) is 0 Å². The van der Waals surface area contributed by atoms with Gasteiger partial charge in [0, 0.05) is 19.4 Å². The van der Waals surface area contributed by atoms with Gasteiger partial charge in [0.1, 0.15) is 6.61 Å². The molecule has 5 heteroatoms. The van der Waals surface area contributed by atoms with Crippen LogP contribution < -0.4 is 0 Å². The molecule has 0 spiro atoms. The van der Waals surface area contributed by atoms with E-state index in [4.69, 9.17) is 9.47 Å². The summed E-state index contributed by atoms with van der Waals surface area (Å²) in [5.41, 5.74) is 0.396. The normalized spacial score (nSPS) is 10.8. The van der Waals surface area contributed by atoms with Gasteiger partial charge in [-0.3, -0.25) is 9.59 Å². The van der Waals surface area contributed by atoms with Crippen LogP contribution in [0.3, 0.4) is 0 Å². The molecule has 5 nitrogen and oxygen atoms in total. The molecule has 17 heavy (non-hydrogen) atoms. The first-order valence-corrected chi connectivity index (χ1v) is 5.06. The number of aliphatic hydroxyl groups excluding tert-OH is 1. The number of hydrogen-bond acceptors (Lipinski definition) is 5. The van der Waals surface area contributed by atoms with Gasteiger partial charge in [-0.2, -0.15) is 0 Å². The molecular weight excluding hydrogens is 224 g/mol. The molecule has 0 radical (unpaired) electrons. The monoisotopic (exact) mass is 238 g/mol. The minimum absolute atomic E-state index is 0.396. The Morgan fingerprint density at radius 1 is 1.12 bits per heavy atom. The van der Waals surface area contributed by atoms with Crippen LogP contribution in [-0.2, 0) is 24.8 Å². The highest BCUT2D eigenvalue weighted by atomic mass is 16.7. The maximum atomic E-state index is 11.0. The van der Waals surface area contributed by atoms with Crippen LogP contribution in [0, 0.1) is 0 Å². The Hall–Kier alpha value is -1.88. The number of aliphatic hydroxyl groups is 1. The first-order valence-electron chi connectivity index (χ1n) is 5.06. The predicted molar refractivity (Wildman–Crippen MR) is 58.7 cm³/mol. The summed E-state index contributed by atoms with van der Waals surface area (Å²) in [6, 6.07) is 8.33. The molecule has 1 rings (SSSR count). The van der Waals surface area contributed by atoms with Crippen LogP contribution in [0.4, 0.5) is 0 Å². The number of hydrogen-bond donors (Lipinski definition) is 1. The Morgan fingerprint density at radius 2 is 1.59 bits per heavy atom. The van der Waals surface area contributed by atoms with Crippen LogP contribution in [-0.4, -0.2) is 23.7 Å². The molecule has 0 aliphatic rings. The minimum Gasteiger partial charge on any atom is -0.416 e. The number of ether oxygens (including phenoxy) is 2. The largest absolute Gasteiger partial charge is 0.416 e. The van der Waals surface area contributed by atoms with Gasteiger partial charge in [-0.1, -0.05) is 30.3 Å². The van der Waals surface area contributed by atoms with E-state index in [1.165, 1.54) is 13.8 Å². The third-order valence-electron chi connectivity index (χ3n) is 2.04. The molecule has 0 amide bonds. The first kappa shape index (κ1) is 13.2. The standard InChI is InChI=1S/C12H14O5/c1-9(14)16-12(8-13,17-10(2)15)11-6-4-3-5-7-11/h3-7,13H,8H2,1-2H3. The summed E-state index contributed by atoms with van der Waals surface area (Å²) in [5, 5.41) is 9.37. The van der Waals surface area contributed by atoms with E-state index in [9.17, 15) is 14.7 Å². The Labute approximate surface area is 99.0 Å². The van der Waals surface area contributed by atoms with Gasteiger partial charge in [0.2, 0.25) is 0 Å². The van der Waals surface area contributed by atoms with Crippen molar-refractivity contribution in [1.82, 2.24) is 0 Å². The van der Waals surface area contributed by atoms with Gasteiger partial charge < -0.3 is 14.6 Å². The Kier molecular flexibility index (Phi) is 4.23. The number of carbonyl (C=O) groups is 2. The Bertz CT molecular complexity index is 383. The van der Waals surface area contributed by atoms with E-state index < -0.39 is 24.3 Å². The molecule has 0 fully saturated rings. The predicted octanol–water partition coefficient (Wildman–Crippen LogP) is 0.958. The van der Waals surface area contributed by atoms with E-state index in [0.29, 0.717) is 5.56 Å². The molecule has 92 valence electrons. The lowest BCUT2D eigenvalue weighted by Crippen LogP contribution is -2.40. The van der Waals surface area contributed by atoms with Gasteiger partial charge in [0.05, 0.1) is 0 Å². The average Bonchev–Trinajstić information content (AvgIpc) is 2.28. The van der Waals surface area contributed by atoms with E-state index in [2.05, 4.69) is 0 Å². The van der Waals surface area contributed by atoms with Crippen molar-refractivity contribution in [1.29, 1.82) is 0 Å². The molecule has 0 saturated carbocycles. The summed E-state index contributed by atoms with van der Waals surface area (Å²) in [4.78, 5) is 22.1. The lowest BCUT2D eigenvalue weighted by atomic mass is 10.1. The highest BCUT2D eigenvalue weighted by Gasteiger charge is 2.38. The van der Waals surface area contributed by atoms with Crippen molar-refractivity contribution in [3.8, 4) is 0 Å². The number of rotatable bonds is 4.